The van der Waals surface area contributed by atoms with Crippen LogP contribution in [0.5, 0.6) is 6.01 Å². The smallest absolute Gasteiger partial charge is 0.412 e. The van der Waals surface area contributed by atoms with Crippen molar-refractivity contribution >= 4 is 23.5 Å². The number of hydrogen-bond acceptors (Lipinski definition) is 8. The number of alkyl carbamates (subject to hydrolysis) is 1. The molecule has 1 saturated carbocycles. The van der Waals surface area contributed by atoms with Crippen molar-refractivity contribution in [1.29, 1.82) is 0 Å². The Hall–Kier alpha value is -3.08. The molecular weight excluding hydrogens is 430 g/mol. The SMILES string of the molecule is COc1nc2c(NC(=O)OC(C)(C)C)cc(CO[C@@H]3CC[C@H]3NC(=O)OC(C)(C)C)cn2n1. The van der Waals surface area contributed by atoms with Crippen LogP contribution in [0.4, 0.5) is 15.3 Å². The summed E-state index contributed by atoms with van der Waals surface area (Å²) in [5.74, 6) is 0. The Bertz CT molecular complexity index is 1010. The van der Waals surface area contributed by atoms with Crippen LogP contribution in [0.3, 0.4) is 0 Å². The Kier molecular flexibility index (Phi) is 7.01. The second-order valence-corrected chi connectivity index (χ2v) is 9.94. The third kappa shape index (κ3) is 6.95. The molecule has 2 aromatic rings. The Balaban J connectivity index is 1.69. The average Bonchev–Trinajstić information content (AvgIpc) is 3.06. The molecule has 1 fully saturated rings. The van der Waals surface area contributed by atoms with Gasteiger partial charge in [-0.3, -0.25) is 5.32 Å². The molecule has 2 aromatic heterocycles. The third-order valence-corrected chi connectivity index (χ3v) is 4.67. The van der Waals surface area contributed by atoms with Crippen LogP contribution in [0.25, 0.3) is 5.65 Å². The van der Waals surface area contributed by atoms with E-state index in [1.165, 1.54) is 11.6 Å². The molecule has 1 aliphatic rings. The monoisotopic (exact) mass is 463 g/mol. The van der Waals surface area contributed by atoms with Crippen LogP contribution in [-0.4, -0.2) is 57.2 Å². The molecule has 0 saturated heterocycles. The van der Waals surface area contributed by atoms with Gasteiger partial charge in [0.05, 0.1) is 31.5 Å². The Morgan fingerprint density at radius 1 is 1.09 bits per heavy atom. The molecule has 1 aliphatic carbocycles. The van der Waals surface area contributed by atoms with Gasteiger partial charge in [0.2, 0.25) is 0 Å². The van der Waals surface area contributed by atoms with Crippen molar-refractivity contribution in [3.63, 3.8) is 0 Å². The number of rotatable bonds is 6. The summed E-state index contributed by atoms with van der Waals surface area (Å²) in [4.78, 5) is 28.6. The summed E-state index contributed by atoms with van der Waals surface area (Å²) in [6.45, 7) is 11.1. The fraction of sp³-hybridized carbons (Fsp3) is 0.636. The van der Waals surface area contributed by atoms with Gasteiger partial charge in [-0.05, 0) is 66.0 Å². The number of carbonyl (C=O) groups excluding carboxylic acids is 2. The van der Waals surface area contributed by atoms with Crippen LogP contribution >= 0.6 is 0 Å². The fourth-order valence-corrected chi connectivity index (χ4v) is 3.19. The molecule has 2 N–H and O–H groups in total. The lowest BCUT2D eigenvalue weighted by Crippen LogP contribution is -2.52. The number of aromatic nitrogens is 3. The lowest BCUT2D eigenvalue weighted by Gasteiger charge is -2.37. The highest BCUT2D eigenvalue weighted by Gasteiger charge is 2.34. The second kappa shape index (κ2) is 9.42. The first-order chi connectivity index (χ1) is 15.3. The zero-order chi connectivity index (χ0) is 24.4. The van der Waals surface area contributed by atoms with Gasteiger partial charge in [-0.1, -0.05) is 0 Å². The summed E-state index contributed by atoms with van der Waals surface area (Å²) < 4.78 is 23.3. The van der Waals surface area contributed by atoms with E-state index < -0.39 is 23.4 Å². The van der Waals surface area contributed by atoms with E-state index in [4.69, 9.17) is 18.9 Å². The molecule has 0 bridgehead atoms. The van der Waals surface area contributed by atoms with Crippen LogP contribution in [0.15, 0.2) is 12.3 Å². The maximum absolute atomic E-state index is 12.3. The van der Waals surface area contributed by atoms with E-state index in [1.807, 2.05) is 20.8 Å². The summed E-state index contributed by atoms with van der Waals surface area (Å²) in [6, 6.07) is 1.80. The van der Waals surface area contributed by atoms with E-state index in [0.717, 1.165) is 18.4 Å². The molecule has 182 valence electrons. The highest BCUT2D eigenvalue weighted by molar-refractivity contribution is 5.89. The maximum atomic E-state index is 12.3. The molecule has 11 nitrogen and oxygen atoms in total. The van der Waals surface area contributed by atoms with Crippen LogP contribution in [-0.2, 0) is 20.8 Å². The second-order valence-electron chi connectivity index (χ2n) is 9.94. The number of amides is 2. The average molecular weight is 464 g/mol. The highest BCUT2D eigenvalue weighted by atomic mass is 16.6. The standard InChI is InChI=1S/C22H33N5O6/c1-21(2,3)32-19(28)23-14-8-9-16(14)31-12-13-10-15(24-20(29)33-22(4,5)6)17-25-18(30-7)26-27(17)11-13/h10-11,14,16H,8-9,12H2,1-7H3,(H,23,28)(H,24,29)/t14-,16-/m1/s1. The zero-order valence-electron chi connectivity index (χ0n) is 20.2. The fourth-order valence-electron chi connectivity index (χ4n) is 3.19. The van der Waals surface area contributed by atoms with E-state index in [9.17, 15) is 9.59 Å². The first-order valence-electron chi connectivity index (χ1n) is 10.9. The molecule has 0 aliphatic heterocycles. The molecule has 11 heteroatoms. The van der Waals surface area contributed by atoms with Gasteiger partial charge < -0.3 is 24.3 Å². The third-order valence-electron chi connectivity index (χ3n) is 4.67. The van der Waals surface area contributed by atoms with Crippen LogP contribution in [0, 0.1) is 0 Å². The van der Waals surface area contributed by atoms with E-state index in [2.05, 4.69) is 20.7 Å². The van der Waals surface area contributed by atoms with E-state index in [0.29, 0.717) is 11.3 Å². The number of nitrogens with one attached hydrogen (secondary N) is 2. The predicted octanol–water partition coefficient (Wildman–Crippen LogP) is 3.66. The molecule has 2 heterocycles. The Labute approximate surface area is 193 Å². The number of nitrogens with zero attached hydrogens (tertiary/aromatic N) is 3. The van der Waals surface area contributed by atoms with Gasteiger partial charge in [0.15, 0.2) is 5.65 Å². The molecule has 0 aromatic carbocycles. The van der Waals surface area contributed by atoms with Crippen molar-refractivity contribution in [2.45, 2.75) is 84.3 Å². The van der Waals surface area contributed by atoms with Gasteiger partial charge in [-0.15, -0.1) is 5.10 Å². The molecule has 2 atom stereocenters. The Morgan fingerprint density at radius 2 is 1.76 bits per heavy atom. The molecule has 0 radical (unpaired) electrons. The summed E-state index contributed by atoms with van der Waals surface area (Å²) in [5, 5.41) is 9.82. The minimum atomic E-state index is -0.646. The summed E-state index contributed by atoms with van der Waals surface area (Å²) in [6.07, 6.45) is 2.18. The van der Waals surface area contributed by atoms with Crippen molar-refractivity contribution < 1.29 is 28.5 Å². The van der Waals surface area contributed by atoms with Crippen molar-refractivity contribution in [2.24, 2.45) is 0 Å². The summed E-state index contributed by atoms with van der Waals surface area (Å²) in [7, 11) is 1.47. The minimum Gasteiger partial charge on any atom is -0.466 e. The van der Waals surface area contributed by atoms with Gasteiger partial charge in [0.1, 0.15) is 11.2 Å². The zero-order valence-corrected chi connectivity index (χ0v) is 20.2. The largest absolute Gasteiger partial charge is 0.466 e. The summed E-state index contributed by atoms with van der Waals surface area (Å²) in [5.41, 5.74) is 0.375. The van der Waals surface area contributed by atoms with Gasteiger partial charge in [-0.2, -0.15) is 4.98 Å². The van der Waals surface area contributed by atoms with Crippen molar-refractivity contribution in [2.75, 3.05) is 12.4 Å². The van der Waals surface area contributed by atoms with Crippen LogP contribution in [0.2, 0.25) is 0 Å². The van der Waals surface area contributed by atoms with Gasteiger partial charge in [-0.25, -0.2) is 14.1 Å². The Morgan fingerprint density at radius 3 is 2.33 bits per heavy atom. The van der Waals surface area contributed by atoms with Gasteiger partial charge in [0, 0.05) is 6.20 Å². The predicted molar refractivity (Wildman–Crippen MR) is 120 cm³/mol. The topological polar surface area (TPSA) is 125 Å². The van der Waals surface area contributed by atoms with Gasteiger partial charge in [0.25, 0.3) is 0 Å². The molecule has 0 unspecified atom stereocenters. The number of fused-ring (bicyclic) bond motifs is 1. The molecule has 0 spiro atoms. The quantitative estimate of drug-likeness (QED) is 0.665. The molecule has 3 rings (SSSR count). The highest BCUT2D eigenvalue weighted by Crippen LogP contribution is 2.27. The normalized spacial score (nSPS) is 18.4. The number of carbonyl (C=O) groups is 2. The molecular formula is C22H33N5O6. The van der Waals surface area contributed by atoms with Gasteiger partial charge >= 0.3 is 18.2 Å². The van der Waals surface area contributed by atoms with E-state index >= 15 is 0 Å². The first kappa shape index (κ1) is 24.6. The lowest BCUT2D eigenvalue weighted by atomic mass is 9.89. The molecule has 2 amide bonds. The first-order valence-corrected chi connectivity index (χ1v) is 10.9. The molecule has 33 heavy (non-hydrogen) atoms. The lowest BCUT2D eigenvalue weighted by molar-refractivity contribution is -0.0392. The number of methoxy groups -OCH3 is 1. The number of pyridine rings is 1. The number of anilines is 1. The number of ether oxygens (including phenoxy) is 4. The van der Waals surface area contributed by atoms with E-state index in [-0.39, 0.29) is 24.8 Å². The van der Waals surface area contributed by atoms with Crippen LogP contribution in [0.1, 0.15) is 59.9 Å². The van der Waals surface area contributed by atoms with Crippen molar-refractivity contribution in [3.8, 4) is 6.01 Å². The van der Waals surface area contributed by atoms with Crippen molar-refractivity contribution in [3.05, 3.63) is 17.8 Å². The van der Waals surface area contributed by atoms with Crippen molar-refractivity contribution in [1.82, 2.24) is 19.9 Å². The minimum absolute atomic E-state index is 0.116. The summed E-state index contributed by atoms with van der Waals surface area (Å²) >= 11 is 0. The van der Waals surface area contributed by atoms with Crippen LogP contribution < -0.4 is 15.4 Å². The van der Waals surface area contributed by atoms with E-state index in [1.54, 1.807) is 33.0 Å². The number of hydrogen-bond donors (Lipinski definition) is 2. The maximum Gasteiger partial charge on any atom is 0.412 e.